The monoisotopic (exact) mass is 417 g/mol. The van der Waals surface area contributed by atoms with Gasteiger partial charge in [0.1, 0.15) is 0 Å². The summed E-state index contributed by atoms with van der Waals surface area (Å²) in [6.45, 7) is 4.04. The molecular weight excluding hydrogens is 394 g/mol. The summed E-state index contributed by atoms with van der Waals surface area (Å²) in [7, 11) is 1.79. The van der Waals surface area contributed by atoms with Gasteiger partial charge in [-0.3, -0.25) is 14.5 Å². The number of nitrogens with zero attached hydrogens (tertiary/aromatic N) is 3. The molecule has 3 heterocycles. The molecule has 1 saturated heterocycles. The molecule has 0 saturated carbocycles. The number of rotatable bonds is 3. The Morgan fingerprint density at radius 1 is 0.933 bits per heavy atom. The number of benzene rings is 2. The van der Waals surface area contributed by atoms with Crippen molar-refractivity contribution in [2.24, 2.45) is 7.05 Å². The molecule has 5 nitrogen and oxygen atoms in total. The van der Waals surface area contributed by atoms with Crippen LogP contribution in [0.4, 0.5) is 0 Å². The van der Waals surface area contributed by atoms with Crippen LogP contribution in [0.3, 0.4) is 0 Å². The van der Waals surface area contributed by atoms with Crippen molar-refractivity contribution in [3.8, 4) is 0 Å². The Bertz CT molecular complexity index is 1280. The number of carbonyl (C=O) groups excluding carboxylic acids is 1. The fourth-order valence-electron chi connectivity index (χ4n) is 4.21. The lowest BCUT2D eigenvalue weighted by Gasteiger charge is -2.34. The van der Waals surface area contributed by atoms with E-state index in [1.165, 1.54) is 16.9 Å². The molecule has 0 bridgehead atoms. The van der Waals surface area contributed by atoms with Crippen LogP contribution < -0.4 is 5.56 Å². The second kappa shape index (κ2) is 7.70. The van der Waals surface area contributed by atoms with E-state index in [-0.39, 0.29) is 11.5 Å². The van der Waals surface area contributed by atoms with Gasteiger partial charge in [0.2, 0.25) is 0 Å². The summed E-state index contributed by atoms with van der Waals surface area (Å²) in [5.41, 5.74) is 2.14. The van der Waals surface area contributed by atoms with Crippen molar-refractivity contribution in [3.05, 3.63) is 81.5 Å². The molecule has 0 N–H and O–H groups in total. The summed E-state index contributed by atoms with van der Waals surface area (Å²) >= 11 is 1.44. The van der Waals surface area contributed by atoms with Gasteiger partial charge >= 0.3 is 0 Å². The SMILES string of the molecule is Cn1c(=O)c2cc(C(=O)N3CCN(Cc4ccccc4)CC3)sc2c2ccccc21. The van der Waals surface area contributed by atoms with Gasteiger partial charge in [-0.05, 0) is 17.7 Å². The van der Waals surface area contributed by atoms with Crippen molar-refractivity contribution in [2.75, 3.05) is 26.2 Å². The van der Waals surface area contributed by atoms with Gasteiger partial charge in [-0.2, -0.15) is 0 Å². The molecule has 0 atom stereocenters. The van der Waals surface area contributed by atoms with Crippen LogP contribution in [0.25, 0.3) is 21.0 Å². The van der Waals surface area contributed by atoms with Gasteiger partial charge in [0.05, 0.1) is 15.8 Å². The number of para-hydroxylation sites is 1. The first-order chi connectivity index (χ1) is 14.6. The van der Waals surface area contributed by atoms with E-state index in [0.29, 0.717) is 23.4 Å². The second-order valence-corrected chi connectivity index (χ2v) is 8.84. The topological polar surface area (TPSA) is 45.6 Å². The zero-order valence-corrected chi connectivity index (χ0v) is 17.7. The summed E-state index contributed by atoms with van der Waals surface area (Å²) in [6.07, 6.45) is 0. The summed E-state index contributed by atoms with van der Waals surface area (Å²) < 4.78 is 2.57. The third-order valence-electron chi connectivity index (χ3n) is 5.90. The maximum absolute atomic E-state index is 13.2. The number of fused-ring (bicyclic) bond motifs is 3. The van der Waals surface area contributed by atoms with Crippen molar-refractivity contribution in [1.29, 1.82) is 0 Å². The Kier molecular flexibility index (Phi) is 4.89. The standard InChI is InChI=1S/C24H23N3O2S/c1-25-20-10-6-5-9-18(20)22-19(23(25)28)15-21(30-22)24(29)27-13-11-26(12-14-27)16-17-7-3-2-4-8-17/h2-10,15H,11-14,16H2,1H3. The van der Waals surface area contributed by atoms with Crippen LogP contribution in [-0.2, 0) is 13.6 Å². The van der Waals surface area contributed by atoms with E-state index in [0.717, 1.165) is 35.2 Å². The van der Waals surface area contributed by atoms with Gasteiger partial charge < -0.3 is 9.47 Å². The van der Waals surface area contributed by atoms with Gasteiger partial charge in [-0.1, -0.05) is 48.5 Å². The molecule has 30 heavy (non-hydrogen) atoms. The third kappa shape index (κ3) is 3.32. The normalized spacial score (nSPS) is 15.2. The van der Waals surface area contributed by atoms with E-state index in [9.17, 15) is 9.59 Å². The first-order valence-electron chi connectivity index (χ1n) is 10.2. The number of carbonyl (C=O) groups is 1. The zero-order chi connectivity index (χ0) is 20.7. The molecule has 0 unspecified atom stereocenters. The van der Waals surface area contributed by atoms with Gasteiger partial charge in [0, 0.05) is 49.9 Å². The van der Waals surface area contributed by atoms with E-state index in [4.69, 9.17) is 0 Å². The molecule has 2 aromatic carbocycles. The van der Waals surface area contributed by atoms with Gasteiger partial charge in [0.15, 0.2) is 0 Å². The Morgan fingerprint density at radius 2 is 1.63 bits per heavy atom. The van der Waals surface area contributed by atoms with Crippen LogP contribution in [0.15, 0.2) is 65.5 Å². The highest BCUT2D eigenvalue weighted by Crippen LogP contribution is 2.31. The lowest BCUT2D eigenvalue weighted by Crippen LogP contribution is -2.48. The first kappa shape index (κ1) is 19.0. The van der Waals surface area contributed by atoms with Crippen LogP contribution in [0, 0.1) is 0 Å². The van der Waals surface area contributed by atoms with Gasteiger partial charge in [0.25, 0.3) is 11.5 Å². The second-order valence-electron chi connectivity index (χ2n) is 7.79. The lowest BCUT2D eigenvalue weighted by molar-refractivity contribution is 0.0633. The highest BCUT2D eigenvalue weighted by molar-refractivity contribution is 7.21. The Balaban J connectivity index is 1.37. The van der Waals surface area contributed by atoms with Crippen molar-refractivity contribution in [1.82, 2.24) is 14.4 Å². The number of pyridine rings is 1. The maximum Gasteiger partial charge on any atom is 0.264 e. The number of aryl methyl sites for hydroxylation is 1. The minimum Gasteiger partial charge on any atom is -0.335 e. The Morgan fingerprint density at radius 3 is 2.40 bits per heavy atom. The molecule has 0 spiro atoms. The molecule has 1 aliphatic heterocycles. The van der Waals surface area contributed by atoms with Crippen LogP contribution in [0.2, 0.25) is 0 Å². The molecular formula is C24H23N3O2S. The minimum atomic E-state index is -0.0494. The summed E-state index contributed by atoms with van der Waals surface area (Å²) in [6, 6.07) is 20.1. The fourth-order valence-corrected chi connectivity index (χ4v) is 5.36. The molecule has 0 radical (unpaired) electrons. The van der Waals surface area contributed by atoms with Gasteiger partial charge in [-0.25, -0.2) is 0 Å². The Labute approximate surface area is 178 Å². The molecule has 6 heteroatoms. The molecule has 0 aliphatic carbocycles. The predicted octanol–water partition coefficient (Wildman–Crippen LogP) is 3.71. The smallest absolute Gasteiger partial charge is 0.264 e. The lowest BCUT2D eigenvalue weighted by atomic mass is 10.1. The zero-order valence-electron chi connectivity index (χ0n) is 16.9. The highest BCUT2D eigenvalue weighted by atomic mass is 32.1. The van der Waals surface area contributed by atoms with Crippen LogP contribution in [0.5, 0.6) is 0 Å². The largest absolute Gasteiger partial charge is 0.335 e. The summed E-state index contributed by atoms with van der Waals surface area (Å²) in [5, 5.41) is 1.65. The van der Waals surface area contributed by atoms with Crippen molar-refractivity contribution in [2.45, 2.75) is 6.54 Å². The molecule has 4 aromatic rings. The molecule has 1 amide bonds. The molecule has 152 valence electrons. The fraction of sp³-hybridized carbons (Fsp3) is 0.250. The predicted molar refractivity (Wildman–Crippen MR) is 122 cm³/mol. The molecule has 5 rings (SSSR count). The number of amides is 1. The van der Waals surface area contributed by atoms with E-state index in [1.807, 2.05) is 35.2 Å². The average Bonchev–Trinajstić information content (AvgIpc) is 3.24. The van der Waals surface area contributed by atoms with Crippen LogP contribution >= 0.6 is 11.3 Å². The number of hydrogen-bond acceptors (Lipinski definition) is 4. The van der Waals surface area contributed by atoms with Crippen LogP contribution in [-0.4, -0.2) is 46.5 Å². The third-order valence-corrected chi connectivity index (χ3v) is 7.05. The number of aromatic nitrogens is 1. The number of hydrogen-bond donors (Lipinski definition) is 0. The van der Waals surface area contributed by atoms with Crippen LogP contribution in [0.1, 0.15) is 15.2 Å². The molecule has 1 aliphatic rings. The summed E-state index contributed by atoms with van der Waals surface area (Å²) in [5.74, 6) is 0.0293. The van der Waals surface area contributed by atoms with Crippen molar-refractivity contribution < 1.29 is 4.79 Å². The van der Waals surface area contributed by atoms with Crippen molar-refractivity contribution in [3.63, 3.8) is 0 Å². The van der Waals surface area contributed by atoms with E-state index in [2.05, 4.69) is 29.2 Å². The molecule has 2 aromatic heterocycles. The summed E-state index contributed by atoms with van der Waals surface area (Å²) in [4.78, 5) is 30.9. The quantitative estimate of drug-likeness (QED) is 0.511. The Hall–Kier alpha value is -2.96. The highest BCUT2D eigenvalue weighted by Gasteiger charge is 2.24. The molecule has 1 fully saturated rings. The van der Waals surface area contributed by atoms with Crippen molar-refractivity contribution >= 4 is 38.2 Å². The number of thiophene rings is 1. The number of piperazine rings is 1. The maximum atomic E-state index is 13.2. The van der Waals surface area contributed by atoms with E-state index in [1.54, 1.807) is 17.7 Å². The first-order valence-corrected chi connectivity index (χ1v) is 11.0. The average molecular weight is 418 g/mol. The van der Waals surface area contributed by atoms with E-state index < -0.39 is 0 Å². The minimum absolute atomic E-state index is 0.0293. The van der Waals surface area contributed by atoms with E-state index >= 15 is 0 Å². The van der Waals surface area contributed by atoms with Gasteiger partial charge in [-0.15, -0.1) is 11.3 Å².